The molecule has 0 aliphatic carbocycles. The van der Waals surface area contributed by atoms with Gasteiger partial charge in [0.2, 0.25) is 0 Å². The highest BCUT2D eigenvalue weighted by molar-refractivity contribution is 7.19. The van der Waals surface area contributed by atoms with E-state index in [4.69, 9.17) is 22.3 Å². The van der Waals surface area contributed by atoms with E-state index in [1.807, 2.05) is 47.4 Å². The van der Waals surface area contributed by atoms with Gasteiger partial charge in [-0.25, -0.2) is 4.98 Å². The van der Waals surface area contributed by atoms with Crippen LogP contribution in [-0.4, -0.2) is 34.9 Å². The molecule has 3 heterocycles. The third kappa shape index (κ3) is 3.11. The molecular formula is C20H20ClN3OS. The van der Waals surface area contributed by atoms with Gasteiger partial charge < -0.3 is 10.6 Å². The monoisotopic (exact) mass is 385 g/mol. The summed E-state index contributed by atoms with van der Waals surface area (Å²) in [5.74, 6) is 0.425. The molecule has 0 spiro atoms. The molecule has 2 aromatic heterocycles. The predicted octanol–water partition coefficient (Wildman–Crippen LogP) is 4.43. The fourth-order valence-electron chi connectivity index (χ4n) is 3.68. The van der Waals surface area contributed by atoms with E-state index in [9.17, 15) is 4.79 Å². The summed E-state index contributed by atoms with van der Waals surface area (Å²) in [5, 5.41) is 0.882. The molecule has 0 saturated carbocycles. The van der Waals surface area contributed by atoms with Crippen LogP contribution in [0.2, 0.25) is 4.34 Å². The summed E-state index contributed by atoms with van der Waals surface area (Å²) in [6.07, 6.45) is 0.957. The molecule has 1 fully saturated rings. The second-order valence-electron chi connectivity index (χ2n) is 6.82. The Bertz CT molecular complexity index is 971. The Balaban J connectivity index is 1.81. The van der Waals surface area contributed by atoms with Gasteiger partial charge in [-0.3, -0.25) is 4.79 Å². The first-order valence-electron chi connectivity index (χ1n) is 8.73. The van der Waals surface area contributed by atoms with E-state index in [0.29, 0.717) is 28.9 Å². The first-order chi connectivity index (χ1) is 12.6. The number of thiophene rings is 1. The standard InChI is InChI=1S/C20H20ClN3OS/c1-12-8-13(10-22)11-24(12)20(25)15-9-17(18-6-7-19(21)26-18)23-16-5-3-2-4-14(15)16/h2-7,9,12-13H,8,10-11,22H2,1H3. The van der Waals surface area contributed by atoms with Crippen molar-refractivity contribution in [1.29, 1.82) is 0 Å². The molecule has 4 rings (SSSR count). The number of para-hydroxylation sites is 1. The number of aromatic nitrogens is 1. The van der Waals surface area contributed by atoms with E-state index in [1.165, 1.54) is 11.3 Å². The third-order valence-corrected chi connectivity index (χ3v) is 6.28. The van der Waals surface area contributed by atoms with E-state index in [0.717, 1.165) is 27.9 Å². The van der Waals surface area contributed by atoms with Crippen LogP contribution in [0.4, 0.5) is 0 Å². The molecule has 1 aliphatic heterocycles. The molecule has 2 N–H and O–H groups in total. The Kier molecular flexibility index (Phi) is 4.69. The highest BCUT2D eigenvalue weighted by Crippen LogP contribution is 2.33. The number of carbonyl (C=O) groups is 1. The Morgan fingerprint density at radius 3 is 2.85 bits per heavy atom. The van der Waals surface area contributed by atoms with Crippen molar-refractivity contribution in [3.05, 3.63) is 52.4 Å². The lowest BCUT2D eigenvalue weighted by Crippen LogP contribution is -2.34. The van der Waals surface area contributed by atoms with E-state index in [-0.39, 0.29) is 11.9 Å². The SMILES string of the molecule is CC1CC(CN)CN1C(=O)c1cc(-c2ccc(Cl)s2)nc2ccccc12. The number of amides is 1. The zero-order valence-electron chi connectivity index (χ0n) is 14.5. The summed E-state index contributed by atoms with van der Waals surface area (Å²) in [6, 6.07) is 13.7. The van der Waals surface area contributed by atoms with Crippen LogP contribution in [0.3, 0.4) is 0 Å². The fourth-order valence-corrected chi connectivity index (χ4v) is 4.69. The van der Waals surface area contributed by atoms with Gasteiger partial charge in [0.05, 0.1) is 26.0 Å². The van der Waals surface area contributed by atoms with Crippen LogP contribution in [-0.2, 0) is 0 Å². The smallest absolute Gasteiger partial charge is 0.254 e. The number of halogens is 1. The molecule has 0 bridgehead atoms. The highest BCUT2D eigenvalue weighted by atomic mass is 35.5. The van der Waals surface area contributed by atoms with Crippen molar-refractivity contribution in [2.75, 3.05) is 13.1 Å². The summed E-state index contributed by atoms with van der Waals surface area (Å²) in [4.78, 5) is 21.0. The number of benzene rings is 1. The second-order valence-corrected chi connectivity index (χ2v) is 8.54. The Morgan fingerprint density at radius 1 is 1.35 bits per heavy atom. The van der Waals surface area contributed by atoms with E-state index < -0.39 is 0 Å². The maximum atomic E-state index is 13.4. The molecule has 1 aliphatic rings. The Hall–Kier alpha value is -1.95. The van der Waals surface area contributed by atoms with Gasteiger partial charge in [-0.1, -0.05) is 29.8 Å². The van der Waals surface area contributed by atoms with Crippen LogP contribution in [0.15, 0.2) is 42.5 Å². The van der Waals surface area contributed by atoms with Crippen molar-refractivity contribution in [2.24, 2.45) is 11.7 Å². The summed E-state index contributed by atoms with van der Waals surface area (Å²) in [7, 11) is 0. The number of carbonyl (C=O) groups excluding carboxylic acids is 1. The van der Waals surface area contributed by atoms with E-state index >= 15 is 0 Å². The van der Waals surface area contributed by atoms with Crippen molar-refractivity contribution >= 4 is 39.7 Å². The summed E-state index contributed by atoms with van der Waals surface area (Å²) >= 11 is 7.56. The molecule has 0 radical (unpaired) electrons. The van der Waals surface area contributed by atoms with Gasteiger partial charge in [-0.15, -0.1) is 11.3 Å². The number of nitrogens with zero attached hydrogens (tertiary/aromatic N) is 2. The molecule has 4 nitrogen and oxygen atoms in total. The molecule has 1 amide bonds. The summed E-state index contributed by atoms with van der Waals surface area (Å²) in [5.41, 5.74) is 8.13. The van der Waals surface area contributed by atoms with Gasteiger partial charge in [-0.05, 0) is 50.1 Å². The first kappa shape index (κ1) is 17.5. The van der Waals surface area contributed by atoms with Crippen molar-refractivity contribution in [3.8, 4) is 10.6 Å². The molecule has 2 unspecified atom stereocenters. The van der Waals surface area contributed by atoms with Gasteiger partial charge in [0, 0.05) is 18.0 Å². The van der Waals surface area contributed by atoms with Crippen LogP contribution in [0, 0.1) is 5.92 Å². The number of nitrogens with two attached hydrogens (primary N) is 1. The van der Waals surface area contributed by atoms with Gasteiger partial charge in [0.1, 0.15) is 0 Å². The number of hydrogen-bond acceptors (Lipinski definition) is 4. The lowest BCUT2D eigenvalue weighted by molar-refractivity contribution is 0.0745. The van der Waals surface area contributed by atoms with E-state index in [2.05, 4.69) is 6.92 Å². The predicted molar refractivity (Wildman–Crippen MR) is 108 cm³/mol. The van der Waals surface area contributed by atoms with Crippen LogP contribution in [0.25, 0.3) is 21.5 Å². The fraction of sp³-hybridized carbons (Fsp3) is 0.300. The average molecular weight is 386 g/mol. The van der Waals surface area contributed by atoms with Crippen molar-refractivity contribution in [3.63, 3.8) is 0 Å². The number of likely N-dealkylation sites (tertiary alicyclic amines) is 1. The van der Waals surface area contributed by atoms with Gasteiger partial charge in [0.15, 0.2) is 0 Å². The normalized spacial score (nSPS) is 20.0. The molecular weight excluding hydrogens is 366 g/mol. The van der Waals surface area contributed by atoms with Gasteiger partial charge in [-0.2, -0.15) is 0 Å². The minimum atomic E-state index is 0.0518. The maximum Gasteiger partial charge on any atom is 0.254 e. The molecule has 2 atom stereocenters. The molecule has 134 valence electrons. The zero-order valence-corrected chi connectivity index (χ0v) is 16.1. The van der Waals surface area contributed by atoms with Crippen LogP contribution in [0.5, 0.6) is 0 Å². The average Bonchev–Trinajstić information content (AvgIpc) is 3.25. The van der Waals surface area contributed by atoms with Gasteiger partial charge in [0.25, 0.3) is 5.91 Å². The minimum absolute atomic E-state index is 0.0518. The topological polar surface area (TPSA) is 59.2 Å². The number of pyridine rings is 1. The molecule has 6 heteroatoms. The number of hydrogen-bond donors (Lipinski definition) is 1. The van der Waals surface area contributed by atoms with Crippen LogP contribution >= 0.6 is 22.9 Å². The molecule has 1 saturated heterocycles. The molecule has 26 heavy (non-hydrogen) atoms. The summed E-state index contributed by atoms with van der Waals surface area (Å²) < 4.78 is 0.710. The number of fused-ring (bicyclic) bond motifs is 1. The Morgan fingerprint density at radius 2 is 2.15 bits per heavy atom. The lowest BCUT2D eigenvalue weighted by atomic mass is 10.1. The lowest BCUT2D eigenvalue weighted by Gasteiger charge is -2.22. The van der Waals surface area contributed by atoms with E-state index in [1.54, 1.807) is 0 Å². The van der Waals surface area contributed by atoms with Crippen molar-refractivity contribution in [2.45, 2.75) is 19.4 Å². The third-order valence-electron chi connectivity index (χ3n) is 5.03. The molecule has 3 aromatic rings. The first-order valence-corrected chi connectivity index (χ1v) is 9.93. The van der Waals surface area contributed by atoms with Crippen LogP contribution < -0.4 is 5.73 Å². The summed E-state index contributed by atoms with van der Waals surface area (Å²) in [6.45, 7) is 3.42. The molecule has 1 aromatic carbocycles. The quantitative estimate of drug-likeness (QED) is 0.725. The van der Waals surface area contributed by atoms with Crippen molar-refractivity contribution < 1.29 is 4.79 Å². The highest BCUT2D eigenvalue weighted by Gasteiger charge is 2.33. The number of rotatable bonds is 3. The maximum absolute atomic E-state index is 13.4. The van der Waals surface area contributed by atoms with Gasteiger partial charge >= 0.3 is 0 Å². The Labute approximate surface area is 161 Å². The zero-order chi connectivity index (χ0) is 18.3. The van der Waals surface area contributed by atoms with Crippen LogP contribution in [0.1, 0.15) is 23.7 Å². The largest absolute Gasteiger partial charge is 0.336 e. The minimum Gasteiger partial charge on any atom is -0.336 e. The van der Waals surface area contributed by atoms with Crippen molar-refractivity contribution in [1.82, 2.24) is 9.88 Å². The second kappa shape index (κ2) is 6.99.